The SMILES string of the molecule is Cc1cc(CN(C)C)c(C)n1-c1ccccc1. The van der Waals surface area contributed by atoms with E-state index < -0.39 is 0 Å². The maximum absolute atomic E-state index is 2.32. The number of benzene rings is 1. The minimum atomic E-state index is 0.993. The molecule has 0 unspecified atom stereocenters. The second-order valence-electron chi connectivity index (χ2n) is 4.81. The fraction of sp³-hybridized carbons (Fsp3) is 0.333. The number of para-hydroxylation sites is 1. The van der Waals surface area contributed by atoms with Crippen molar-refractivity contribution in [2.45, 2.75) is 20.4 Å². The summed E-state index contributed by atoms with van der Waals surface area (Å²) in [5.41, 5.74) is 5.27. The predicted molar refractivity (Wildman–Crippen MR) is 72.6 cm³/mol. The Bertz CT molecular complexity index is 495. The highest BCUT2D eigenvalue weighted by Gasteiger charge is 2.10. The van der Waals surface area contributed by atoms with Gasteiger partial charge in [-0.05, 0) is 51.7 Å². The van der Waals surface area contributed by atoms with Gasteiger partial charge in [-0.3, -0.25) is 0 Å². The van der Waals surface area contributed by atoms with E-state index in [0.29, 0.717) is 0 Å². The zero-order valence-corrected chi connectivity index (χ0v) is 11.1. The molecule has 0 fully saturated rings. The van der Waals surface area contributed by atoms with E-state index in [4.69, 9.17) is 0 Å². The zero-order chi connectivity index (χ0) is 12.4. The minimum absolute atomic E-state index is 0.993. The fourth-order valence-corrected chi connectivity index (χ4v) is 2.30. The summed E-state index contributed by atoms with van der Waals surface area (Å²) >= 11 is 0. The van der Waals surface area contributed by atoms with Crippen LogP contribution in [0, 0.1) is 13.8 Å². The Labute approximate surface area is 103 Å². The third kappa shape index (κ3) is 2.42. The van der Waals surface area contributed by atoms with Gasteiger partial charge in [0, 0.05) is 23.6 Å². The highest BCUT2D eigenvalue weighted by Crippen LogP contribution is 2.21. The maximum Gasteiger partial charge on any atom is 0.0455 e. The summed E-state index contributed by atoms with van der Waals surface area (Å²) in [6, 6.07) is 12.8. The molecule has 1 heterocycles. The minimum Gasteiger partial charge on any atom is -0.318 e. The highest BCUT2D eigenvalue weighted by atomic mass is 15.1. The third-order valence-electron chi connectivity index (χ3n) is 3.04. The van der Waals surface area contributed by atoms with E-state index in [9.17, 15) is 0 Å². The van der Waals surface area contributed by atoms with Gasteiger partial charge < -0.3 is 9.47 Å². The molecule has 0 atom stereocenters. The van der Waals surface area contributed by atoms with Crippen molar-refractivity contribution in [1.82, 2.24) is 9.47 Å². The molecule has 2 nitrogen and oxygen atoms in total. The predicted octanol–water partition coefficient (Wildman–Crippen LogP) is 3.16. The second kappa shape index (κ2) is 4.76. The van der Waals surface area contributed by atoms with Gasteiger partial charge in [0.2, 0.25) is 0 Å². The molecular formula is C15H20N2. The van der Waals surface area contributed by atoms with E-state index in [1.54, 1.807) is 0 Å². The number of nitrogens with zero attached hydrogens (tertiary/aromatic N) is 2. The first-order valence-corrected chi connectivity index (χ1v) is 5.97. The van der Waals surface area contributed by atoms with Crippen molar-refractivity contribution in [3.8, 4) is 5.69 Å². The van der Waals surface area contributed by atoms with Crippen LogP contribution < -0.4 is 0 Å². The number of hydrogen-bond donors (Lipinski definition) is 0. The lowest BCUT2D eigenvalue weighted by Gasteiger charge is -2.12. The summed E-state index contributed by atoms with van der Waals surface area (Å²) in [5.74, 6) is 0. The molecule has 2 heteroatoms. The molecule has 90 valence electrons. The van der Waals surface area contributed by atoms with Gasteiger partial charge in [0.1, 0.15) is 0 Å². The van der Waals surface area contributed by atoms with E-state index in [1.165, 1.54) is 22.6 Å². The molecule has 0 saturated carbocycles. The Morgan fingerprint density at radius 1 is 1.06 bits per heavy atom. The van der Waals surface area contributed by atoms with Crippen LogP contribution in [0.25, 0.3) is 5.69 Å². The van der Waals surface area contributed by atoms with Gasteiger partial charge in [0.15, 0.2) is 0 Å². The number of aromatic nitrogens is 1. The van der Waals surface area contributed by atoms with Crippen LogP contribution in [0.2, 0.25) is 0 Å². The summed E-state index contributed by atoms with van der Waals surface area (Å²) in [6.45, 7) is 5.35. The summed E-state index contributed by atoms with van der Waals surface area (Å²) in [5, 5.41) is 0. The second-order valence-corrected chi connectivity index (χ2v) is 4.81. The summed E-state index contributed by atoms with van der Waals surface area (Å²) in [6.07, 6.45) is 0. The Balaban J connectivity index is 2.45. The van der Waals surface area contributed by atoms with Crippen LogP contribution in [0.3, 0.4) is 0 Å². The molecule has 0 N–H and O–H groups in total. The lowest BCUT2D eigenvalue weighted by atomic mass is 10.2. The standard InChI is InChI=1S/C15H20N2/c1-12-10-14(11-16(3)4)13(2)17(12)15-8-6-5-7-9-15/h5-10H,11H2,1-4H3. The van der Waals surface area contributed by atoms with E-state index in [0.717, 1.165) is 6.54 Å². The van der Waals surface area contributed by atoms with Crippen molar-refractivity contribution in [3.05, 3.63) is 53.3 Å². The molecule has 0 saturated heterocycles. The summed E-state index contributed by atoms with van der Waals surface area (Å²) in [7, 11) is 4.21. The lowest BCUT2D eigenvalue weighted by molar-refractivity contribution is 0.401. The molecular weight excluding hydrogens is 208 g/mol. The van der Waals surface area contributed by atoms with Gasteiger partial charge in [-0.1, -0.05) is 18.2 Å². The summed E-state index contributed by atoms with van der Waals surface area (Å²) in [4.78, 5) is 2.21. The molecule has 0 aliphatic carbocycles. The van der Waals surface area contributed by atoms with Crippen LogP contribution in [0.1, 0.15) is 17.0 Å². The average Bonchev–Trinajstić information content (AvgIpc) is 2.54. The molecule has 0 aliphatic heterocycles. The highest BCUT2D eigenvalue weighted by molar-refractivity contribution is 5.40. The van der Waals surface area contributed by atoms with Crippen LogP contribution in [-0.4, -0.2) is 23.6 Å². The first-order chi connectivity index (χ1) is 8.09. The van der Waals surface area contributed by atoms with Gasteiger partial charge in [-0.2, -0.15) is 0 Å². The van der Waals surface area contributed by atoms with Crippen LogP contribution in [0.4, 0.5) is 0 Å². The number of rotatable bonds is 3. The van der Waals surface area contributed by atoms with Crippen molar-refractivity contribution in [3.63, 3.8) is 0 Å². The van der Waals surface area contributed by atoms with Gasteiger partial charge in [-0.15, -0.1) is 0 Å². The van der Waals surface area contributed by atoms with E-state index >= 15 is 0 Å². The molecule has 0 aliphatic rings. The van der Waals surface area contributed by atoms with Crippen molar-refractivity contribution in [2.24, 2.45) is 0 Å². The van der Waals surface area contributed by atoms with Crippen LogP contribution in [0.5, 0.6) is 0 Å². The molecule has 17 heavy (non-hydrogen) atoms. The molecule has 1 aromatic carbocycles. The monoisotopic (exact) mass is 228 g/mol. The third-order valence-corrected chi connectivity index (χ3v) is 3.04. The van der Waals surface area contributed by atoms with Crippen molar-refractivity contribution < 1.29 is 0 Å². The lowest BCUT2D eigenvalue weighted by Crippen LogP contribution is -2.11. The van der Waals surface area contributed by atoms with Crippen LogP contribution in [0.15, 0.2) is 36.4 Å². The van der Waals surface area contributed by atoms with Gasteiger partial charge in [0.05, 0.1) is 0 Å². The van der Waals surface area contributed by atoms with Crippen molar-refractivity contribution >= 4 is 0 Å². The Morgan fingerprint density at radius 3 is 2.29 bits per heavy atom. The Morgan fingerprint density at radius 2 is 1.71 bits per heavy atom. The van der Waals surface area contributed by atoms with E-state index in [1.807, 2.05) is 0 Å². The molecule has 0 radical (unpaired) electrons. The zero-order valence-electron chi connectivity index (χ0n) is 11.1. The number of hydrogen-bond acceptors (Lipinski definition) is 1. The first-order valence-electron chi connectivity index (χ1n) is 5.97. The fourth-order valence-electron chi connectivity index (χ4n) is 2.30. The average molecular weight is 228 g/mol. The maximum atomic E-state index is 2.32. The molecule has 0 bridgehead atoms. The van der Waals surface area contributed by atoms with E-state index in [-0.39, 0.29) is 0 Å². The van der Waals surface area contributed by atoms with Crippen LogP contribution >= 0.6 is 0 Å². The molecule has 1 aromatic heterocycles. The quantitative estimate of drug-likeness (QED) is 0.783. The molecule has 2 aromatic rings. The van der Waals surface area contributed by atoms with Gasteiger partial charge >= 0.3 is 0 Å². The van der Waals surface area contributed by atoms with E-state index in [2.05, 4.69) is 73.8 Å². The first kappa shape index (κ1) is 11.9. The smallest absolute Gasteiger partial charge is 0.0455 e. The number of aryl methyl sites for hydroxylation is 1. The Hall–Kier alpha value is -1.54. The topological polar surface area (TPSA) is 8.17 Å². The van der Waals surface area contributed by atoms with Crippen molar-refractivity contribution in [1.29, 1.82) is 0 Å². The molecule has 0 amide bonds. The van der Waals surface area contributed by atoms with Crippen LogP contribution in [-0.2, 0) is 6.54 Å². The molecule has 0 spiro atoms. The molecule has 2 rings (SSSR count). The van der Waals surface area contributed by atoms with Gasteiger partial charge in [0.25, 0.3) is 0 Å². The normalized spacial score (nSPS) is 11.1. The van der Waals surface area contributed by atoms with Gasteiger partial charge in [-0.25, -0.2) is 0 Å². The van der Waals surface area contributed by atoms with Crippen molar-refractivity contribution in [2.75, 3.05) is 14.1 Å². The summed E-state index contributed by atoms with van der Waals surface area (Å²) < 4.78 is 2.32. The largest absolute Gasteiger partial charge is 0.318 e. The Kier molecular flexibility index (Phi) is 3.34.